The van der Waals surface area contributed by atoms with Gasteiger partial charge >= 0.3 is 0 Å². The minimum Gasteiger partial charge on any atom is -0.343 e. The number of amides is 14. The van der Waals surface area contributed by atoms with Crippen molar-refractivity contribution in [1.29, 1.82) is 0 Å². The molecule has 0 unspecified atom stereocenters. The van der Waals surface area contributed by atoms with Gasteiger partial charge in [0.15, 0.2) is 0 Å². The zero-order valence-corrected chi connectivity index (χ0v) is 75.8. The summed E-state index contributed by atoms with van der Waals surface area (Å²) in [4.78, 5) is 217. The second kappa shape index (κ2) is 47.0. The van der Waals surface area contributed by atoms with Crippen molar-refractivity contribution in [3.05, 3.63) is 71.8 Å². The summed E-state index contributed by atoms with van der Waals surface area (Å²) in [5.74, 6) is -8.60. The van der Waals surface area contributed by atoms with Crippen LogP contribution in [0, 0.1) is 58.2 Å². The Kier molecular flexibility index (Phi) is 36.5. The molecule has 24 N–H and O–H groups in total. The van der Waals surface area contributed by atoms with Crippen LogP contribution in [0.1, 0.15) is 231 Å². The molecular weight excluding hydrogens is 1630 g/mol. The van der Waals surface area contributed by atoms with Crippen molar-refractivity contribution >= 4 is 82.7 Å². The summed E-state index contributed by atoms with van der Waals surface area (Å²) >= 11 is 0. The largest absolute Gasteiger partial charge is 0.343 e. The lowest BCUT2D eigenvalue weighted by Gasteiger charge is -2.59. The van der Waals surface area contributed by atoms with E-state index < -0.39 is 179 Å². The van der Waals surface area contributed by atoms with E-state index >= 15 is 57.5 Å². The molecular formula is C94H148N20O14. The number of hydrogen-bond donors (Lipinski definition) is 18. The number of benzene rings is 2. The molecule has 8 aliphatic carbocycles. The Morgan fingerprint density at radius 2 is 0.617 bits per heavy atom. The Bertz CT molecular complexity index is 4070. The molecule has 708 valence electrons. The van der Waals surface area contributed by atoms with E-state index in [0.717, 1.165) is 57.8 Å². The summed E-state index contributed by atoms with van der Waals surface area (Å²) in [5, 5.41) is 35.6. The van der Waals surface area contributed by atoms with Gasteiger partial charge in [0.05, 0.1) is 0 Å². The summed E-state index contributed by atoms with van der Waals surface area (Å²) in [6, 6.07) is -0.0856. The van der Waals surface area contributed by atoms with Gasteiger partial charge in [-0.2, -0.15) is 0 Å². The first-order chi connectivity index (χ1) is 61.5. The Labute approximate surface area is 754 Å². The predicted molar refractivity (Wildman–Crippen MR) is 483 cm³/mol. The maximum Gasteiger partial charge on any atom is 0.246 e. The summed E-state index contributed by atoms with van der Waals surface area (Å²) in [7, 11) is 0. The van der Waals surface area contributed by atoms with Crippen LogP contribution in [0.5, 0.6) is 0 Å². The zero-order valence-electron chi connectivity index (χ0n) is 75.8. The molecule has 3 saturated heterocycles. The van der Waals surface area contributed by atoms with Gasteiger partial charge in [0, 0.05) is 31.3 Å². The van der Waals surface area contributed by atoms with Gasteiger partial charge in [0.2, 0.25) is 82.7 Å². The van der Waals surface area contributed by atoms with Crippen molar-refractivity contribution in [2.45, 2.75) is 318 Å². The van der Waals surface area contributed by atoms with Gasteiger partial charge in [-0.15, -0.1) is 0 Å². The fraction of sp³-hybridized carbons (Fsp3) is 0.723. The third-order valence-electron chi connectivity index (χ3n) is 28.7. The normalized spacial score (nSPS) is 33.1. The van der Waals surface area contributed by atoms with E-state index in [1.54, 1.807) is 68.4 Å². The van der Waals surface area contributed by atoms with Crippen molar-refractivity contribution < 1.29 is 67.1 Å². The fourth-order valence-electron chi connectivity index (χ4n) is 23.3. The number of rotatable bonds is 28. The lowest BCUT2D eigenvalue weighted by Crippen LogP contribution is -2.66. The van der Waals surface area contributed by atoms with Crippen LogP contribution in [-0.2, 0) is 80.0 Å². The van der Waals surface area contributed by atoms with Gasteiger partial charge in [-0.25, -0.2) is 0 Å². The molecule has 128 heavy (non-hydrogen) atoms. The number of carbonyl (C=O) groups is 14. The molecule has 34 nitrogen and oxygen atoms in total. The summed E-state index contributed by atoms with van der Waals surface area (Å²) < 4.78 is 0. The molecule has 11 aliphatic rings. The van der Waals surface area contributed by atoms with E-state index in [9.17, 15) is 9.59 Å². The second-order valence-electron chi connectivity index (χ2n) is 39.7. The fourth-order valence-corrected chi connectivity index (χ4v) is 23.3. The molecule has 0 radical (unpaired) electrons. The molecule has 34 heteroatoms. The number of fused-ring (bicyclic) bond motifs is 2. The molecule has 14 amide bonds. The second-order valence-corrected chi connectivity index (χ2v) is 39.7. The van der Waals surface area contributed by atoms with Crippen molar-refractivity contribution in [2.75, 3.05) is 52.4 Å². The van der Waals surface area contributed by atoms with E-state index in [-0.39, 0.29) is 197 Å². The summed E-state index contributed by atoms with van der Waals surface area (Å²) in [5.41, 5.74) is 37.0. The van der Waals surface area contributed by atoms with Crippen LogP contribution in [0.15, 0.2) is 60.7 Å². The standard InChI is InChI=1S/C94H148N20O14/c1-55(2)39-71-85(121)101-65(23-11-31-95)80(116)108-72(46-57-19-7-5-8-20-57)91(127)113-37-17-29-75(113)87(123)103-69(27-15-35-99)83(119)111-77(56(3)4)89(125)105-67(25-13-33-97)82(118)110-74(54-93-48-59-40-60(49-93)42-61(41-59)50-93)86(122)102-66(24-12-32-96)81(117)109-73(47-58-21-9-6-10-22-58)92(128)114-38-18-30-76(114)88(124)104-70(28-16-36-100)84(120)112-78(90(126)106-68(26-14-34-98)79(115)107-71)94-51-62-43-63(52-94)45-64(44-62)53-94/h5-10,19-22,55-56,59-78H,11-18,23-54,95-100H2,1-4H3,(H,101,121)(H,102,122)(H,103,123)(H,104,124)(H,105,125)(H,106,126)(H,107,115)(H,108,116)(H,109,117)(H,110,118)(H,111,119)(H,112,120)/t59?,60?,61?,62?,63?,64?,65-,66-,67-,68-,69-,70-,71-,72+,73+,74-,75-,76-,77-,78+,93?,94?/m0/s1. The van der Waals surface area contributed by atoms with Crippen LogP contribution in [0.2, 0.25) is 0 Å². The lowest BCUT2D eigenvalue weighted by molar-refractivity contribution is -0.145. The van der Waals surface area contributed by atoms with E-state index in [2.05, 4.69) is 63.8 Å². The van der Waals surface area contributed by atoms with Gasteiger partial charge in [0.1, 0.15) is 84.6 Å². The summed E-state index contributed by atoms with van der Waals surface area (Å²) in [6.07, 6.45) is 13.2. The minimum absolute atomic E-state index is 0.00551. The van der Waals surface area contributed by atoms with Crippen molar-refractivity contribution in [2.24, 2.45) is 92.6 Å². The summed E-state index contributed by atoms with van der Waals surface area (Å²) in [6.45, 7) is 7.95. The molecule has 2 aromatic carbocycles. The van der Waals surface area contributed by atoms with Gasteiger partial charge < -0.3 is 108 Å². The molecule has 8 bridgehead atoms. The highest BCUT2D eigenvalue weighted by Crippen LogP contribution is 2.63. The predicted octanol–water partition coefficient (Wildman–Crippen LogP) is 1.24. The van der Waals surface area contributed by atoms with Crippen LogP contribution < -0.4 is 98.2 Å². The number of nitrogens with zero attached hydrogens (tertiary/aromatic N) is 2. The Balaban J connectivity index is 0.947. The quantitative estimate of drug-likeness (QED) is 0.0570. The third kappa shape index (κ3) is 26.3. The highest BCUT2D eigenvalue weighted by Gasteiger charge is 2.58. The highest BCUT2D eigenvalue weighted by molar-refractivity contribution is 6.01. The Hall–Kier alpha value is -9.22. The van der Waals surface area contributed by atoms with Crippen LogP contribution in [-0.4, -0.2) is 229 Å². The van der Waals surface area contributed by atoms with E-state index in [4.69, 9.17) is 34.4 Å². The van der Waals surface area contributed by atoms with Gasteiger partial charge in [-0.1, -0.05) is 88.4 Å². The van der Waals surface area contributed by atoms with Crippen LogP contribution in [0.4, 0.5) is 0 Å². The third-order valence-corrected chi connectivity index (χ3v) is 28.7. The van der Waals surface area contributed by atoms with Gasteiger partial charge in [-0.3, -0.25) is 67.1 Å². The number of nitrogens with one attached hydrogen (secondary N) is 12. The monoisotopic (exact) mass is 1780 g/mol. The van der Waals surface area contributed by atoms with Crippen LogP contribution in [0.3, 0.4) is 0 Å². The van der Waals surface area contributed by atoms with E-state index in [0.29, 0.717) is 61.0 Å². The molecule has 8 saturated carbocycles. The first kappa shape index (κ1) is 99.4. The van der Waals surface area contributed by atoms with E-state index in [1.807, 2.05) is 19.9 Å². The first-order valence-corrected chi connectivity index (χ1v) is 48.0. The van der Waals surface area contributed by atoms with E-state index in [1.165, 1.54) is 9.80 Å². The topological polar surface area (TPSA) is 546 Å². The van der Waals surface area contributed by atoms with Crippen molar-refractivity contribution in [1.82, 2.24) is 73.6 Å². The molecule has 2 aromatic rings. The van der Waals surface area contributed by atoms with Crippen molar-refractivity contribution in [3.8, 4) is 0 Å². The number of carbonyl (C=O) groups excluding carboxylic acids is 14. The van der Waals surface area contributed by atoms with Crippen LogP contribution in [0.25, 0.3) is 0 Å². The van der Waals surface area contributed by atoms with Gasteiger partial charge in [0.25, 0.3) is 0 Å². The zero-order chi connectivity index (χ0) is 91.9. The number of nitrogens with two attached hydrogens (primary N) is 6. The Morgan fingerprint density at radius 1 is 0.328 bits per heavy atom. The molecule has 0 spiro atoms. The maximum absolute atomic E-state index is 15.8. The maximum atomic E-state index is 15.8. The van der Waals surface area contributed by atoms with Crippen LogP contribution >= 0.6 is 0 Å². The smallest absolute Gasteiger partial charge is 0.246 e. The molecule has 0 aromatic heterocycles. The SMILES string of the molecule is CC(C)C[C@@H]1NC(=O)[C@H](CCCN)NC(=O)[C@H](C23CC4CC(CC(C4)C2)C3)NC(=O)[C@H](CCCN)NC(=O)[C@@H]2CCCN2C(=O)[C@@H](Cc2ccccc2)NC(=O)[C@H](CCCN)NC(=O)[C@H](CC23CC4CC(CC(C4)C2)C3)NC(=O)[C@H](CCCN)NC(=O)[C@H](C(C)C)NC(=O)[C@H](CCCN)NC(=O)[C@@H]2CCCN2C(=O)[C@@H](Cc2ccccc2)NC(=O)[C@H](CCCN)NC1=O. The molecule has 3 aliphatic heterocycles. The first-order valence-electron chi connectivity index (χ1n) is 48.0. The minimum atomic E-state index is -1.34. The van der Waals surface area contributed by atoms with Gasteiger partial charge in [-0.05, 0) is 296 Å². The average molecular weight is 1780 g/mol. The number of hydrogen-bond acceptors (Lipinski definition) is 20. The average Bonchev–Trinajstić information content (AvgIpc) is 1.13. The lowest BCUT2D eigenvalue weighted by atomic mass is 9.47. The highest BCUT2D eigenvalue weighted by atomic mass is 16.2. The Morgan fingerprint density at radius 3 is 0.969 bits per heavy atom. The van der Waals surface area contributed by atoms with Crippen molar-refractivity contribution in [3.63, 3.8) is 0 Å². The molecule has 13 rings (SSSR count). The molecule has 11 fully saturated rings. The molecule has 3 heterocycles. The molecule has 14 atom stereocenters.